The van der Waals surface area contributed by atoms with Gasteiger partial charge in [-0.3, -0.25) is 9.11 Å². The second kappa shape index (κ2) is 9.96. The lowest BCUT2D eigenvalue weighted by Gasteiger charge is -2.06. The third kappa shape index (κ3) is 5.51. The molecule has 0 amide bonds. The molecule has 5 aromatic carbocycles. The standard InChI is InChI=1S/C26H18N4O7S2/c31-24-15-19(38(32,33)34)14-17-13-18(10-11-20(17)24)27-28-22-7-3-4-8-23(22)29-30-26-21-6-2-1-5-16(21)9-12-25(26)39(35,36)37/h1-15,31H,(H,32,33,34)(H,35,36,37)/b28-27+,30-29+. The quantitative estimate of drug-likeness (QED) is 0.147. The summed E-state index contributed by atoms with van der Waals surface area (Å²) in [7, 11) is -9.12. The molecule has 0 aliphatic rings. The average Bonchev–Trinajstić information content (AvgIpc) is 2.89. The topological polar surface area (TPSA) is 178 Å². The Hall–Kier alpha value is -4.56. The zero-order valence-corrected chi connectivity index (χ0v) is 21.4. The van der Waals surface area contributed by atoms with Gasteiger partial charge in [0.2, 0.25) is 0 Å². The number of hydrogen-bond donors (Lipinski definition) is 3. The van der Waals surface area contributed by atoms with Crippen LogP contribution in [0.25, 0.3) is 21.5 Å². The van der Waals surface area contributed by atoms with Crippen molar-refractivity contribution in [3.8, 4) is 5.75 Å². The first kappa shape index (κ1) is 26.1. The van der Waals surface area contributed by atoms with E-state index in [-0.39, 0.29) is 22.8 Å². The van der Waals surface area contributed by atoms with Crippen LogP contribution in [-0.4, -0.2) is 31.0 Å². The zero-order chi connectivity index (χ0) is 27.8. The first-order valence-electron chi connectivity index (χ1n) is 11.2. The fourth-order valence-corrected chi connectivity index (χ4v) is 5.09. The van der Waals surface area contributed by atoms with Gasteiger partial charge in [0.05, 0.1) is 10.6 Å². The molecule has 11 nitrogen and oxygen atoms in total. The molecule has 0 aliphatic carbocycles. The molecule has 0 atom stereocenters. The Balaban J connectivity index is 1.54. The number of hydrogen-bond acceptors (Lipinski definition) is 9. The van der Waals surface area contributed by atoms with E-state index in [1.165, 1.54) is 24.3 Å². The Morgan fingerprint density at radius 1 is 0.564 bits per heavy atom. The Labute approximate surface area is 222 Å². The number of phenolic OH excluding ortho intramolecular Hbond substituents is 1. The molecular formula is C26H18N4O7S2. The molecule has 0 aromatic heterocycles. The Morgan fingerprint density at radius 3 is 1.92 bits per heavy atom. The van der Waals surface area contributed by atoms with Crippen LogP contribution in [0, 0.1) is 0 Å². The zero-order valence-electron chi connectivity index (χ0n) is 19.7. The van der Waals surface area contributed by atoms with Gasteiger partial charge in [0.25, 0.3) is 20.2 Å². The van der Waals surface area contributed by atoms with E-state index in [1.54, 1.807) is 60.7 Å². The minimum absolute atomic E-state index is 0.0358. The minimum atomic E-state index is -4.59. The molecule has 0 saturated heterocycles. The largest absolute Gasteiger partial charge is 0.507 e. The first-order chi connectivity index (χ1) is 18.5. The highest BCUT2D eigenvalue weighted by Gasteiger charge is 2.18. The monoisotopic (exact) mass is 562 g/mol. The van der Waals surface area contributed by atoms with E-state index in [0.717, 1.165) is 6.07 Å². The van der Waals surface area contributed by atoms with Crippen LogP contribution in [0.5, 0.6) is 5.75 Å². The molecule has 0 radical (unpaired) electrons. The van der Waals surface area contributed by atoms with Gasteiger partial charge in [-0.2, -0.15) is 21.9 Å². The molecule has 0 saturated carbocycles. The molecule has 5 aromatic rings. The summed E-state index contributed by atoms with van der Waals surface area (Å²) < 4.78 is 66.0. The van der Waals surface area contributed by atoms with Gasteiger partial charge in [-0.1, -0.05) is 42.5 Å². The maximum absolute atomic E-state index is 12.0. The van der Waals surface area contributed by atoms with Crippen molar-refractivity contribution >= 4 is 64.5 Å². The van der Waals surface area contributed by atoms with Crippen molar-refractivity contribution in [2.45, 2.75) is 9.79 Å². The number of benzene rings is 5. The first-order valence-corrected chi connectivity index (χ1v) is 14.0. The van der Waals surface area contributed by atoms with Gasteiger partial charge in [0.1, 0.15) is 27.7 Å². The number of azo groups is 2. The van der Waals surface area contributed by atoms with Crippen LogP contribution >= 0.6 is 0 Å². The van der Waals surface area contributed by atoms with Crippen molar-refractivity contribution in [1.82, 2.24) is 0 Å². The molecular weight excluding hydrogens is 544 g/mol. The van der Waals surface area contributed by atoms with Gasteiger partial charge >= 0.3 is 0 Å². The van der Waals surface area contributed by atoms with Gasteiger partial charge in [-0.05, 0) is 53.2 Å². The predicted octanol–water partition coefficient (Wildman–Crippen LogP) is 7.02. The molecule has 39 heavy (non-hydrogen) atoms. The molecule has 0 unspecified atom stereocenters. The van der Waals surface area contributed by atoms with Crippen LogP contribution in [0.3, 0.4) is 0 Å². The van der Waals surface area contributed by atoms with Gasteiger partial charge in [0.15, 0.2) is 0 Å². The van der Waals surface area contributed by atoms with Gasteiger partial charge < -0.3 is 5.11 Å². The van der Waals surface area contributed by atoms with Crippen molar-refractivity contribution in [3.05, 3.63) is 91.0 Å². The van der Waals surface area contributed by atoms with Crippen molar-refractivity contribution in [2.24, 2.45) is 20.5 Å². The molecule has 0 spiro atoms. The number of nitrogens with zero attached hydrogens (tertiary/aromatic N) is 4. The normalized spacial score (nSPS) is 12.7. The van der Waals surface area contributed by atoms with Crippen LogP contribution in [0.15, 0.2) is 121 Å². The highest BCUT2D eigenvalue weighted by molar-refractivity contribution is 7.86. The third-order valence-corrected chi connectivity index (χ3v) is 7.46. The van der Waals surface area contributed by atoms with Crippen molar-refractivity contribution in [3.63, 3.8) is 0 Å². The fourth-order valence-electron chi connectivity index (χ4n) is 3.92. The molecule has 0 aliphatic heterocycles. The maximum Gasteiger partial charge on any atom is 0.296 e. The molecule has 0 fully saturated rings. The lowest BCUT2D eigenvalue weighted by Crippen LogP contribution is -1.98. The number of aromatic hydroxyl groups is 1. The molecule has 13 heteroatoms. The predicted molar refractivity (Wildman–Crippen MR) is 144 cm³/mol. The van der Waals surface area contributed by atoms with Crippen LogP contribution in [-0.2, 0) is 20.2 Å². The summed E-state index contributed by atoms with van der Waals surface area (Å²) >= 11 is 0. The number of phenols is 1. The number of rotatable bonds is 6. The second-order valence-electron chi connectivity index (χ2n) is 8.32. The summed E-state index contributed by atoms with van der Waals surface area (Å²) in [6, 6.07) is 23.0. The summed E-state index contributed by atoms with van der Waals surface area (Å²) in [5, 5.41) is 28.6. The van der Waals surface area contributed by atoms with E-state index in [0.29, 0.717) is 27.2 Å². The van der Waals surface area contributed by atoms with Gasteiger partial charge in [0, 0.05) is 16.8 Å². The molecule has 0 bridgehead atoms. The lowest BCUT2D eigenvalue weighted by molar-refractivity contribution is 0.471. The average molecular weight is 563 g/mol. The van der Waals surface area contributed by atoms with Crippen molar-refractivity contribution in [1.29, 1.82) is 0 Å². The Morgan fingerprint density at radius 2 is 1.23 bits per heavy atom. The molecule has 5 rings (SSSR count). The summed E-state index contributed by atoms with van der Waals surface area (Å²) in [6.45, 7) is 0. The highest BCUT2D eigenvalue weighted by atomic mass is 32.2. The second-order valence-corrected chi connectivity index (χ2v) is 11.1. The smallest absolute Gasteiger partial charge is 0.296 e. The van der Waals surface area contributed by atoms with Crippen LogP contribution in [0.1, 0.15) is 0 Å². The molecule has 196 valence electrons. The lowest BCUT2D eigenvalue weighted by atomic mass is 10.1. The third-order valence-electron chi connectivity index (χ3n) is 5.74. The maximum atomic E-state index is 12.0. The van der Waals surface area contributed by atoms with E-state index < -0.39 is 30.0 Å². The fraction of sp³-hybridized carbons (Fsp3) is 0. The van der Waals surface area contributed by atoms with E-state index >= 15 is 0 Å². The highest BCUT2D eigenvalue weighted by Crippen LogP contribution is 2.37. The van der Waals surface area contributed by atoms with Crippen LogP contribution in [0.4, 0.5) is 22.7 Å². The minimum Gasteiger partial charge on any atom is -0.507 e. The molecule has 3 N–H and O–H groups in total. The Kier molecular flexibility index (Phi) is 6.66. The van der Waals surface area contributed by atoms with Crippen LogP contribution in [0.2, 0.25) is 0 Å². The van der Waals surface area contributed by atoms with E-state index in [9.17, 15) is 31.0 Å². The SMILES string of the molecule is O=S(=O)(O)c1cc(O)c2ccc(/N=N/c3ccccc3/N=N/c3c(S(=O)(=O)O)ccc4ccccc34)cc2c1. The summed E-state index contributed by atoms with van der Waals surface area (Å²) in [5.74, 6) is -0.327. The molecule has 0 heterocycles. The van der Waals surface area contributed by atoms with Crippen molar-refractivity contribution in [2.75, 3.05) is 0 Å². The van der Waals surface area contributed by atoms with Crippen molar-refractivity contribution < 1.29 is 31.0 Å². The summed E-state index contributed by atoms with van der Waals surface area (Å²) in [6.07, 6.45) is 0. The summed E-state index contributed by atoms with van der Waals surface area (Å²) in [4.78, 5) is -0.863. The van der Waals surface area contributed by atoms with E-state index in [1.807, 2.05) is 0 Å². The number of fused-ring (bicyclic) bond motifs is 2. The van der Waals surface area contributed by atoms with E-state index in [4.69, 9.17) is 0 Å². The van der Waals surface area contributed by atoms with Gasteiger partial charge in [-0.25, -0.2) is 0 Å². The van der Waals surface area contributed by atoms with Crippen LogP contribution < -0.4 is 0 Å². The van der Waals surface area contributed by atoms with Gasteiger partial charge in [-0.15, -0.1) is 15.3 Å². The Bertz CT molecular complexity index is 2040. The summed E-state index contributed by atoms with van der Waals surface area (Å²) in [5.41, 5.74) is 0.808. The van der Waals surface area contributed by atoms with E-state index in [2.05, 4.69) is 20.5 Å².